The van der Waals surface area contributed by atoms with E-state index in [2.05, 4.69) is 10.3 Å². The van der Waals surface area contributed by atoms with E-state index in [4.69, 9.17) is 18.9 Å². The number of aromatic nitrogens is 2. The molecule has 0 aliphatic carbocycles. The van der Waals surface area contributed by atoms with Crippen molar-refractivity contribution in [2.75, 3.05) is 19.7 Å². The van der Waals surface area contributed by atoms with Crippen molar-refractivity contribution >= 4 is 29.9 Å². The molecule has 0 saturated heterocycles. The van der Waals surface area contributed by atoms with Crippen LogP contribution in [0.5, 0.6) is 5.75 Å². The van der Waals surface area contributed by atoms with Gasteiger partial charge >= 0.3 is 24.0 Å². The third-order valence-electron chi connectivity index (χ3n) is 7.00. The number of imidazole rings is 1. The summed E-state index contributed by atoms with van der Waals surface area (Å²) in [5, 5.41) is 14.0. The number of carbonyl (C=O) groups is 4. The van der Waals surface area contributed by atoms with E-state index in [0.29, 0.717) is 25.2 Å². The number of rotatable bonds is 17. The first kappa shape index (κ1) is 42.5. The highest BCUT2D eigenvalue weighted by atomic mass is 16.6. The molecule has 2 amide bonds. The van der Waals surface area contributed by atoms with Crippen molar-refractivity contribution in [3.8, 4) is 5.75 Å². The number of nitro groups is 1. The predicted octanol–water partition coefficient (Wildman–Crippen LogP) is 5.76. The number of esters is 2. The maximum Gasteiger partial charge on any atom is 0.435 e. The molecule has 0 bridgehead atoms. The van der Waals surface area contributed by atoms with Gasteiger partial charge in [-0.15, -0.1) is 0 Å². The van der Waals surface area contributed by atoms with Crippen LogP contribution >= 0.6 is 0 Å². The summed E-state index contributed by atoms with van der Waals surface area (Å²) in [6, 6.07) is 6.33. The highest BCUT2D eigenvalue weighted by Gasteiger charge is 2.35. The van der Waals surface area contributed by atoms with Gasteiger partial charge in [0.25, 0.3) is 5.91 Å². The van der Waals surface area contributed by atoms with E-state index >= 15 is 0 Å². The number of nitrogens with zero attached hydrogens (tertiary/aromatic N) is 4. The minimum atomic E-state index is -1.24. The largest absolute Gasteiger partial charge is 0.494 e. The van der Waals surface area contributed by atoms with E-state index in [-0.39, 0.29) is 32.5 Å². The van der Waals surface area contributed by atoms with Crippen LogP contribution in [0.4, 0.5) is 10.7 Å². The maximum atomic E-state index is 13.5. The Kier molecular flexibility index (Phi) is 15.4. The summed E-state index contributed by atoms with van der Waals surface area (Å²) >= 11 is 0. The number of aryl methyl sites for hydroxylation is 1. The van der Waals surface area contributed by atoms with Crippen molar-refractivity contribution in [3.05, 3.63) is 52.3 Å². The lowest BCUT2D eigenvalue weighted by atomic mass is 9.94. The fourth-order valence-corrected chi connectivity index (χ4v) is 4.85. The molecule has 15 heteroatoms. The van der Waals surface area contributed by atoms with E-state index in [1.54, 1.807) is 67.2 Å². The van der Waals surface area contributed by atoms with Gasteiger partial charge in [-0.1, -0.05) is 22.7 Å². The minimum absolute atomic E-state index is 0.150. The molecule has 1 aromatic carbocycles. The number of carbonyl (C=O) groups excluding carboxylic acids is 4. The number of hydrogen-bond acceptors (Lipinski definition) is 11. The second-order valence-electron chi connectivity index (χ2n) is 15.3. The van der Waals surface area contributed by atoms with E-state index in [9.17, 15) is 29.3 Å². The average molecular weight is 718 g/mol. The molecule has 0 aliphatic heterocycles. The molecule has 51 heavy (non-hydrogen) atoms. The van der Waals surface area contributed by atoms with Gasteiger partial charge in [-0.05, 0) is 112 Å². The second kappa shape index (κ2) is 18.5. The first-order chi connectivity index (χ1) is 23.5. The molecule has 2 aromatic rings. The molecule has 1 heterocycles. The fraction of sp³-hybridized carbons (Fsp3) is 0.639. The highest BCUT2D eigenvalue weighted by molar-refractivity contribution is 5.83. The summed E-state index contributed by atoms with van der Waals surface area (Å²) in [7, 11) is 0. The zero-order valence-corrected chi connectivity index (χ0v) is 31.6. The molecule has 2 rings (SSSR count). The van der Waals surface area contributed by atoms with Crippen LogP contribution in [0.15, 0.2) is 36.7 Å². The lowest BCUT2D eigenvalue weighted by Crippen LogP contribution is -2.48. The third-order valence-corrected chi connectivity index (χ3v) is 7.00. The van der Waals surface area contributed by atoms with Gasteiger partial charge in [0.05, 0.1) is 12.5 Å². The Bertz CT molecular complexity index is 1470. The zero-order valence-electron chi connectivity index (χ0n) is 31.6. The quantitative estimate of drug-likeness (QED) is 0.0691. The van der Waals surface area contributed by atoms with Crippen molar-refractivity contribution < 1.29 is 43.0 Å². The van der Waals surface area contributed by atoms with Crippen LogP contribution in [-0.4, -0.2) is 85.9 Å². The lowest BCUT2D eigenvalue weighted by molar-refractivity contribution is -0.396. The summed E-state index contributed by atoms with van der Waals surface area (Å²) in [6.45, 7) is 17.7. The molecular formula is C36H55N5O10. The molecule has 0 radical (unpaired) electrons. The van der Waals surface area contributed by atoms with Crippen LogP contribution in [0.3, 0.4) is 0 Å². The predicted molar refractivity (Wildman–Crippen MR) is 189 cm³/mol. The summed E-state index contributed by atoms with van der Waals surface area (Å²) < 4.78 is 23.7. The molecule has 1 N–H and O–H groups in total. The van der Waals surface area contributed by atoms with E-state index in [0.717, 1.165) is 10.1 Å². The van der Waals surface area contributed by atoms with E-state index in [1.165, 1.54) is 12.4 Å². The van der Waals surface area contributed by atoms with Gasteiger partial charge in [0.1, 0.15) is 41.0 Å². The standard InChI is InChI=1S/C36H55N5O10/c1-25-14-16-27(17-15-25)48-22-12-20-39(29(42)24-40-21-18-37-32(40)41(46)47)19-11-13-26(30(43)49-34(2,3)4)23-28(31(44)50-35(5,6)7)38-33(45)51-36(8,9)10/h14-18,21,26,28H,11-13,19-20,22-24H2,1-10H3,(H,38,45)/t26-,28+/m1/s1. The number of amides is 2. The van der Waals surface area contributed by atoms with Gasteiger partial charge in [0.2, 0.25) is 0 Å². The average Bonchev–Trinajstić information content (AvgIpc) is 3.43. The van der Waals surface area contributed by atoms with Crippen LogP contribution in [0.25, 0.3) is 0 Å². The molecule has 0 aliphatic rings. The van der Waals surface area contributed by atoms with Crippen LogP contribution in [0, 0.1) is 23.0 Å². The van der Waals surface area contributed by atoms with Gasteiger partial charge in [0.15, 0.2) is 6.54 Å². The highest BCUT2D eigenvalue weighted by Crippen LogP contribution is 2.23. The SMILES string of the molecule is Cc1ccc(OCCCN(CCC[C@H](C[C@H](NC(=O)OC(C)(C)C)C(=O)OC(C)(C)C)C(=O)OC(C)(C)C)C(=O)Cn2ccnc2[N+](=O)[O-])cc1. The molecule has 2 atom stereocenters. The minimum Gasteiger partial charge on any atom is -0.494 e. The molecule has 0 saturated carbocycles. The Labute approximate surface area is 300 Å². The van der Waals surface area contributed by atoms with Crippen LogP contribution in [0.1, 0.15) is 93.6 Å². The Morgan fingerprint density at radius 3 is 2.02 bits per heavy atom. The van der Waals surface area contributed by atoms with Gasteiger partial charge < -0.3 is 39.3 Å². The molecule has 0 spiro atoms. The smallest absolute Gasteiger partial charge is 0.435 e. The monoisotopic (exact) mass is 717 g/mol. The Morgan fingerprint density at radius 1 is 0.882 bits per heavy atom. The molecule has 1 aromatic heterocycles. The Balaban J connectivity index is 2.27. The van der Waals surface area contributed by atoms with E-state index < -0.39 is 63.6 Å². The first-order valence-corrected chi connectivity index (χ1v) is 17.1. The molecular weight excluding hydrogens is 662 g/mol. The Morgan fingerprint density at radius 2 is 1.45 bits per heavy atom. The topological polar surface area (TPSA) is 181 Å². The van der Waals surface area contributed by atoms with Crippen LogP contribution < -0.4 is 10.1 Å². The summed E-state index contributed by atoms with van der Waals surface area (Å²) in [4.78, 5) is 69.1. The summed E-state index contributed by atoms with van der Waals surface area (Å²) in [5.41, 5.74) is -1.46. The van der Waals surface area contributed by atoms with Crippen molar-refractivity contribution in [1.82, 2.24) is 19.8 Å². The summed E-state index contributed by atoms with van der Waals surface area (Å²) in [6.07, 6.45) is 2.56. The zero-order chi connectivity index (χ0) is 38.6. The summed E-state index contributed by atoms with van der Waals surface area (Å²) in [5.74, 6) is -2.37. The van der Waals surface area contributed by atoms with Gasteiger partial charge in [0, 0.05) is 13.1 Å². The number of benzene rings is 1. The lowest BCUT2D eigenvalue weighted by Gasteiger charge is -2.29. The van der Waals surface area contributed by atoms with Crippen molar-refractivity contribution in [3.63, 3.8) is 0 Å². The van der Waals surface area contributed by atoms with Gasteiger partial charge in [-0.25, -0.2) is 14.2 Å². The fourth-order valence-electron chi connectivity index (χ4n) is 4.85. The number of hydrogen-bond donors (Lipinski definition) is 1. The van der Waals surface area contributed by atoms with Crippen LogP contribution in [0.2, 0.25) is 0 Å². The molecule has 0 fully saturated rings. The number of nitrogens with one attached hydrogen (secondary N) is 1. The maximum absolute atomic E-state index is 13.5. The first-order valence-electron chi connectivity index (χ1n) is 17.1. The van der Waals surface area contributed by atoms with Crippen molar-refractivity contribution in [1.29, 1.82) is 0 Å². The normalized spacial score (nSPS) is 13.1. The van der Waals surface area contributed by atoms with Gasteiger partial charge in [-0.3, -0.25) is 9.59 Å². The van der Waals surface area contributed by atoms with Gasteiger partial charge in [-0.2, -0.15) is 0 Å². The third kappa shape index (κ3) is 16.7. The Hall–Kier alpha value is -4.69. The second-order valence-corrected chi connectivity index (χ2v) is 15.3. The van der Waals surface area contributed by atoms with E-state index in [1.807, 2.05) is 31.2 Å². The van der Waals surface area contributed by atoms with Crippen molar-refractivity contribution in [2.24, 2.45) is 5.92 Å². The van der Waals surface area contributed by atoms with Crippen LogP contribution in [-0.2, 0) is 35.1 Å². The van der Waals surface area contributed by atoms with Crippen molar-refractivity contribution in [2.45, 2.75) is 124 Å². The number of alkyl carbamates (subject to hydrolysis) is 1. The molecule has 0 unspecified atom stereocenters. The number of ether oxygens (including phenoxy) is 4. The molecule has 284 valence electrons. The molecule has 15 nitrogen and oxygen atoms in total.